The van der Waals surface area contributed by atoms with Gasteiger partial charge in [-0.15, -0.1) is 0 Å². The fourth-order valence-corrected chi connectivity index (χ4v) is 2.30. The molecule has 1 rings (SSSR count). The van der Waals surface area contributed by atoms with E-state index in [1.54, 1.807) is 0 Å². The molecule has 0 saturated heterocycles. The van der Waals surface area contributed by atoms with Gasteiger partial charge in [0.1, 0.15) is 11.9 Å². The molecule has 0 aliphatic heterocycles. The molecule has 1 nitrogen and oxygen atoms in total. The lowest BCUT2D eigenvalue weighted by Gasteiger charge is -2.31. The van der Waals surface area contributed by atoms with Crippen molar-refractivity contribution >= 4 is 6.29 Å². The number of carbonyl (C=O) groups is 1. The zero-order valence-electron chi connectivity index (χ0n) is 11.3. The molecular formula is C15H17F3O. The monoisotopic (exact) mass is 270 g/mol. The summed E-state index contributed by atoms with van der Waals surface area (Å²) in [6, 6.07) is 0. The topological polar surface area (TPSA) is 17.1 Å². The van der Waals surface area contributed by atoms with Crippen LogP contribution >= 0.6 is 0 Å². The fraction of sp³-hybridized carbons (Fsp3) is 0.533. The van der Waals surface area contributed by atoms with Gasteiger partial charge in [0.15, 0.2) is 0 Å². The van der Waals surface area contributed by atoms with Gasteiger partial charge in [-0.3, -0.25) is 4.79 Å². The SMILES string of the molecule is CC1=C(C#C/C(=C\C=O)C(F)(F)F)C(C)(C)CCC1. The number of aldehydes is 1. The molecule has 0 fully saturated rings. The first-order valence-corrected chi connectivity index (χ1v) is 6.13. The number of allylic oxidation sites excluding steroid dienone is 4. The lowest BCUT2D eigenvalue weighted by molar-refractivity contribution is -0.105. The highest BCUT2D eigenvalue weighted by Gasteiger charge is 2.33. The van der Waals surface area contributed by atoms with Crippen molar-refractivity contribution in [2.75, 3.05) is 0 Å². The van der Waals surface area contributed by atoms with Crippen molar-refractivity contribution in [3.8, 4) is 11.8 Å². The van der Waals surface area contributed by atoms with Gasteiger partial charge in [-0.05, 0) is 37.7 Å². The standard InChI is InChI=1S/C15H17F3O/c1-11-5-4-9-14(2,3)13(11)7-6-12(8-10-19)15(16,17)18/h8,10H,4-5,9H2,1-3H3/b12-8+. The van der Waals surface area contributed by atoms with Crippen LogP contribution in [-0.4, -0.2) is 12.5 Å². The van der Waals surface area contributed by atoms with Crippen LogP contribution in [0.1, 0.15) is 40.0 Å². The van der Waals surface area contributed by atoms with Crippen molar-refractivity contribution < 1.29 is 18.0 Å². The van der Waals surface area contributed by atoms with E-state index in [0.717, 1.165) is 30.4 Å². The molecule has 0 aromatic heterocycles. The lowest BCUT2D eigenvalue weighted by Crippen LogP contribution is -2.19. The van der Waals surface area contributed by atoms with Crippen LogP contribution in [0.15, 0.2) is 22.8 Å². The van der Waals surface area contributed by atoms with Crippen LogP contribution in [0, 0.1) is 17.3 Å². The van der Waals surface area contributed by atoms with E-state index in [4.69, 9.17) is 0 Å². The molecule has 0 N–H and O–H groups in total. The van der Waals surface area contributed by atoms with Crippen LogP contribution in [0.5, 0.6) is 0 Å². The van der Waals surface area contributed by atoms with Crippen LogP contribution in [0.25, 0.3) is 0 Å². The molecule has 1 aliphatic carbocycles. The molecule has 0 aromatic rings. The molecule has 0 saturated carbocycles. The summed E-state index contributed by atoms with van der Waals surface area (Å²) in [7, 11) is 0. The molecule has 0 atom stereocenters. The second kappa shape index (κ2) is 5.64. The van der Waals surface area contributed by atoms with Gasteiger partial charge in [-0.25, -0.2) is 0 Å². The normalized spacial score (nSPS) is 19.8. The summed E-state index contributed by atoms with van der Waals surface area (Å²) < 4.78 is 37.8. The molecule has 1 aliphatic rings. The minimum Gasteiger partial charge on any atom is -0.299 e. The quantitative estimate of drug-likeness (QED) is 0.396. The molecule has 4 heteroatoms. The first-order chi connectivity index (χ1) is 8.68. The molecule has 19 heavy (non-hydrogen) atoms. The van der Waals surface area contributed by atoms with Crippen molar-refractivity contribution in [2.24, 2.45) is 5.41 Å². The predicted octanol–water partition coefficient (Wildman–Crippen LogP) is 4.20. The van der Waals surface area contributed by atoms with Gasteiger partial charge >= 0.3 is 6.18 Å². The Balaban J connectivity index is 3.17. The summed E-state index contributed by atoms with van der Waals surface area (Å²) in [5, 5.41) is 0. The maximum absolute atomic E-state index is 12.6. The van der Waals surface area contributed by atoms with Gasteiger partial charge in [0.2, 0.25) is 0 Å². The summed E-state index contributed by atoms with van der Waals surface area (Å²) >= 11 is 0. The summed E-state index contributed by atoms with van der Waals surface area (Å²) in [6.07, 6.45) is -1.19. The van der Waals surface area contributed by atoms with Gasteiger partial charge in [-0.1, -0.05) is 31.3 Å². The summed E-state index contributed by atoms with van der Waals surface area (Å²) in [5.74, 6) is 4.75. The van der Waals surface area contributed by atoms with Gasteiger partial charge in [0.05, 0.1) is 0 Å². The minimum atomic E-state index is -4.58. The third kappa shape index (κ3) is 3.99. The van der Waals surface area contributed by atoms with Crippen molar-refractivity contribution in [1.29, 1.82) is 0 Å². The average Bonchev–Trinajstić information content (AvgIpc) is 2.24. The Morgan fingerprint density at radius 2 is 2.00 bits per heavy atom. The Labute approximate surface area is 111 Å². The van der Waals surface area contributed by atoms with E-state index in [1.165, 1.54) is 0 Å². The van der Waals surface area contributed by atoms with Crippen molar-refractivity contribution in [2.45, 2.75) is 46.2 Å². The van der Waals surface area contributed by atoms with E-state index < -0.39 is 11.7 Å². The second-order valence-corrected chi connectivity index (χ2v) is 5.36. The second-order valence-electron chi connectivity index (χ2n) is 5.36. The van der Waals surface area contributed by atoms with Gasteiger partial charge in [0.25, 0.3) is 0 Å². The smallest absolute Gasteiger partial charge is 0.299 e. The number of carbonyl (C=O) groups excluding carboxylic acids is 1. The third-order valence-electron chi connectivity index (χ3n) is 3.32. The first kappa shape index (κ1) is 15.6. The van der Waals surface area contributed by atoms with Gasteiger partial charge < -0.3 is 0 Å². The highest BCUT2D eigenvalue weighted by Crippen LogP contribution is 2.39. The van der Waals surface area contributed by atoms with Crippen LogP contribution < -0.4 is 0 Å². The highest BCUT2D eigenvalue weighted by atomic mass is 19.4. The Morgan fingerprint density at radius 1 is 1.37 bits per heavy atom. The van der Waals surface area contributed by atoms with E-state index in [0.29, 0.717) is 6.08 Å². The van der Waals surface area contributed by atoms with Gasteiger partial charge in [0, 0.05) is 5.57 Å². The van der Waals surface area contributed by atoms with Crippen molar-refractivity contribution in [3.63, 3.8) is 0 Å². The minimum absolute atomic E-state index is 0.116. The lowest BCUT2D eigenvalue weighted by atomic mass is 9.73. The molecule has 0 radical (unpaired) electrons. The largest absolute Gasteiger partial charge is 0.424 e. The number of hydrogen-bond donors (Lipinski definition) is 0. The Hall–Kier alpha value is -1.50. The molecule has 0 amide bonds. The van der Waals surface area contributed by atoms with E-state index in [1.807, 2.05) is 20.8 Å². The summed E-state index contributed by atoms with van der Waals surface area (Å²) in [6.45, 7) is 5.87. The van der Waals surface area contributed by atoms with E-state index in [2.05, 4.69) is 11.8 Å². The molecule has 0 aromatic carbocycles. The first-order valence-electron chi connectivity index (χ1n) is 6.13. The van der Waals surface area contributed by atoms with Crippen LogP contribution in [0.4, 0.5) is 13.2 Å². The number of alkyl halides is 3. The molecule has 0 heterocycles. The maximum atomic E-state index is 12.6. The number of rotatable bonds is 1. The predicted molar refractivity (Wildman–Crippen MR) is 68.3 cm³/mol. The fourth-order valence-electron chi connectivity index (χ4n) is 2.30. The van der Waals surface area contributed by atoms with E-state index in [9.17, 15) is 18.0 Å². The van der Waals surface area contributed by atoms with E-state index >= 15 is 0 Å². The molecule has 0 unspecified atom stereocenters. The van der Waals surface area contributed by atoms with Crippen molar-refractivity contribution in [3.05, 3.63) is 22.8 Å². The van der Waals surface area contributed by atoms with E-state index in [-0.39, 0.29) is 11.7 Å². The maximum Gasteiger partial charge on any atom is 0.424 e. The van der Waals surface area contributed by atoms with Crippen molar-refractivity contribution in [1.82, 2.24) is 0 Å². The zero-order chi connectivity index (χ0) is 14.7. The molecular weight excluding hydrogens is 253 g/mol. The molecule has 0 spiro atoms. The number of hydrogen-bond acceptors (Lipinski definition) is 1. The van der Waals surface area contributed by atoms with Crippen LogP contribution in [0.3, 0.4) is 0 Å². The Kier molecular flexibility index (Phi) is 4.62. The average molecular weight is 270 g/mol. The molecule has 0 bridgehead atoms. The zero-order valence-corrected chi connectivity index (χ0v) is 11.3. The highest BCUT2D eigenvalue weighted by molar-refractivity contribution is 5.69. The Bertz CT molecular complexity index is 482. The Morgan fingerprint density at radius 3 is 2.47 bits per heavy atom. The molecule has 104 valence electrons. The van der Waals surface area contributed by atoms with Crippen LogP contribution in [-0.2, 0) is 4.79 Å². The summed E-state index contributed by atoms with van der Waals surface area (Å²) in [5.41, 5.74) is 0.507. The summed E-state index contributed by atoms with van der Waals surface area (Å²) in [4.78, 5) is 10.2. The number of halogens is 3. The third-order valence-corrected chi connectivity index (χ3v) is 3.32. The van der Waals surface area contributed by atoms with Crippen LogP contribution in [0.2, 0.25) is 0 Å². The van der Waals surface area contributed by atoms with Gasteiger partial charge in [-0.2, -0.15) is 13.2 Å².